The molecule has 1 atom stereocenters. The second-order valence-corrected chi connectivity index (χ2v) is 3.73. The van der Waals surface area contributed by atoms with E-state index in [1.807, 2.05) is 0 Å². The van der Waals surface area contributed by atoms with Gasteiger partial charge in [-0.2, -0.15) is 0 Å². The van der Waals surface area contributed by atoms with Crippen LogP contribution < -0.4 is 16.4 Å². The van der Waals surface area contributed by atoms with Gasteiger partial charge in [-0.25, -0.2) is 4.98 Å². The molecule has 4 N–H and O–H groups in total. The summed E-state index contributed by atoms with van der Waals surface area (Å²) in [5, 5.41) is 5.52. The summed E-state index contributed by atoms with van der Waals surface area (Å²) in [6, 6.07) is 3.07. The second-order valence-electron chi connectivity index (χ2n) is 3.73. The van der Waals surface area contributed by atoms with Gasteiger partial charge in [-0.05, 0) is 19.1 Å². The minimum absolute atomic E-state index is 0.119. The average molecular weight is 236 g/mol. The quantitative estimate of drug-likeness (QED) is 0.676. The fourth-order valence-electron chi connectivity index (χ4n) is 1.34. The second kappa shape index (κ2) is 5.83. The maximum absolute atomic E-state index is 11.7. The van der Waals surface area contributed by atoms with E-state index < -0.39 is 5.91 Å². The number of carbonyl (C=O) groups is 2. The molecule has 1 heterocycles. The van der Waals surface area contributed by atoms with Gasteiger partial charge in [0.15, 0.2) is 0 Å². The third kappa shape index (κ3) is 4.10. The summed E-state index contributed by atoms with van der Waals surface area (Å²) < 4.78 is 0. The van der Waals surface area contributed by atoms with Gasteiger partial charge >= 0.3 is 0 Å². The lowest BCUT2D eigenvalue weighted by molar-refractivity contribution is -0.118. The molecule has 92 valence electrons. The molecule has 6 nitrogen and oxygen atoms in total. The summed E-state index contributed by atoms with van der Waals surface area (Å²) >= 11 is 0. The minimum Gasteiger partial charge on any atom is -0.373 e. The molecule has 2 amide bonds. The van der Waals surface area contributed by atoms with Crippen molar-refractivity contribution in [3.8, 4) is 0 Å². The molecule has 0 aliphatic rings. The first-order chi connectivity index (χ1) is 8.02. The number of anilines is 1. The molecule has 0 aliphatic heterocycles. The first-order valence-corrected chi connectivity index (χ1v) is 5.26. The Labute approximate surface area is 99.6 Å². The van der Waals surface area contributed by atoms with Crippen LogP contribution in [0.25, 0.3) is 0 Å². The highest BCUT2D eigenvalue weighted by molar-refractivity contribution is 5.94. The summed E-state index contributed by atoms with van der Waals surface area (Å²) in [4.78, 5) is 26.4. The zero-order valence-corrected chi connectivity index (χ0v) is 9.86. The van der Waals surface area contributed by atoms with E-state index in [-0.39, 0.29) is 18.4 Å². The fourth-order valence-corrected chi connectivity index (χ4v) is 1.34. The molecule has 0 saturated carbocycles. The van der Waals surface area contributed by atoms with Crippen LogP contribution in [0.2, 0.25) is 0 Å². The zero-order valence-electron chi connectivity index (χ0n) is 9.86. The number of nitrogens with zero attached hydrogens (tertiary/aromatic N) is 1. The van der Waals surface area contributed by atoms with Crippen LogP contribution in [0.15, 0.2) is 18.3 Å². The number of hydrogen-bond acceptors (Lipinski definition) is 4. The number of hydrogen-bond donors (Lipinski definition) is 3. The number of nitrogens with two attached hydrogens (primary N) is 1. The van der Waals surface area contributed by atoms with Crippen molar-refractivity contribution in [3.63, 3.8) is 0 Å². The van der Waals surface area contributed by atoms with Gasteiger partial charge in [-0.1, -0.05) is 0 Å². The van der Waals surface area contributed by atoms with Gasteiger partial charge in [0.05, 0.1) is 5.56 Å². The van der Waals surface area contributed by atoms with Gasteiger partial charge < -0.3 is 16.4 Å². The predicted molar refractivity (Wildman–Crippen MR) is 64.5 cm³/mol. The monoisotopic (exact) mass is 236 g/mol. The molecule has 0 fully saturated rings. The van der Waals surface area contributed by atoms with Crippen molar-refractivity contribution in [2.45, 2.75) is 19.4 Å². The molecule has 0 saturated heterocycles. The molecule has 0 spiro atoms. The number of carbonyl (C=O) groups excluding carboxylic acids is 2. The standard InChI is InChI=1S/C11H16N4O2/c1-7(5-9(12)16)15-11(17)8-3-4-10(13-2)14-6-8/h3-4,6-7H,5H2,1-2H3,(H2,12,16)(H,13,14)(H,15,17). The number of rotatable bonds is 5. The summed E-state index contributed by atoms with van der Waals surface area (Å²) in [7, 11) is 1.75. The van der Waals surface area contributed by atoms with Crippen LogP contribution in [0.3, 0.4) is 0 Å². The van der Waals surface area contributed by atoms with Crippen molar-refractivity contribution < 1.29 is 9.59 Å². The van der Waals surface area contributed by atoms with E-state index in [9.17, 15) is 9.59 Å². The summed E-state index contributed by atoms with van der Waals surface area (Å²) in [5.41, 5.74) is 5.48. The lowest BCUT2D eigenvalue weighted by atomic mass is 10.2. The van der Waals surface area contributed by atoms with Crippen molar-refractivity contribution in [1.82, 2.24) is 10.3 Å². The molecule has 0 aliphatic carbocycles. The highest BCUT2D eigenvalue weighted by atomic mass is 16.2. The van der Waals surface area contributed by atoms with Crippen molar-refractivity contribution in [2.24, 2.45) is 5.73 Å². The van der Waals surface area contributed by atoms with Crippen LogP contribution in [-0.4, -0.2) is 29.9 Å². The maximum atomic E-state index is 11.7. The molecule has 1 unspecified atom stereocenters. The minimum atomic E-state index is -0.443. The van der Waals surface area contributed by atoms with Gasteiger partial charge in [0.2, 0.25) is 5.91 Å². The summed E-state index contributed by atoms with van der Waals surface area (Å²) in [6.45, 7) is 1.72. The zero-order chi connectivity index (χ0) is 12.8. The molecule has 6 heteroatoms. The molecule has 17 heavy (non-hydrogen) atoms. The van der Waals surface area contributed by atoms with Crippen LogP contribution in [0.5, 0.6) is 0 Å². The maximum Gasteiger partial charge on any atom is 0.253 e. The Morgan fingerprint density at radius 2 is 2.18 bits per heavy atom. The summed E-state index contributed by atoms with van der Waals surface area (Å²) in [5.74, 6) is -0.0258. The molecule has 0 bridgehead atoms. The number of amides is 2. The average Bonchev–Trinajstić information content (AvgIpc) is 2.28. The van der Waals surface area contributed by atoms with E-state index in [1.54, 1.807) is 26.1 Å². The number of pyridine rings is 1. The van der Waals surface area contributed by atoms with Gasteiger partial charge in [-0.3, -0.25) is 9.59 Å². The highest BCUT2D eigenvalue weighted by Crippen LogP contribution is 2.04. The lowest BCUT2D eigenvalue weighted by Crippen LogP contribution is -2.35. The molecule has 1 aromatic heterocycles. The van der Waals surface area contributed by atoms with E-state index in [1.165, 1.54) is 6.20 Å². The molecule has 0 aromatic carbocycles. The van der Waals surface area contributed by atoms with Crippen molar-refractivity contribution in [2.75, 3.05) is 12.4 Å². The Hall–Kier alpha value is -2.11. The Bertz CT molecular complexity index is 402. The van der Waals surface area contributed by atoms with Gasteiger partial charge in [0, 0.05) is 25.7 Å². The lowest BCUT2D eigenvalue weighted by Gasteiger charge is -2.11. The van der Waals surface area contributed by atoms with Crippen LogP contribution >= 0.6 is 0 Å². The smallest absolute Gasteiger partial charge is 0.253 e. The Morgan fingerprint density at radius 1 is 1.47 bits per heavy atom. The van der Waals surface area contributed by atoms with Gasteiger partial charge in [-0.15, -0.1) is 0 Å². The first kappa shape index (κ1) is 13.0. The number of nitrogens with one attached hydrogen (secondary N) is 2. The molecular weight excluding hydrogens is 220 g/mol. The van der Waals surface area contributed by atoms with E-state index in [2.05, 4.69) is 15.6 Å². The molecule has 0 radical (unpaired) electrons. The summed E-state index contributed by atoms with van der Waals surface area (Å²) in [6.07, 6.45) is 1.59. The van der Waals surface area contributed by atoms with Crippen molar-refractivity contribution >= 4 is 17.6 Å². The predicted octanol–water partition coefficient (Wildman–Crippen LogP) is 0.117. The van der Waals surface area contributed by atoms with Crippen LogP contribution in [0.1, 0.15) is 23.7 Å². The molecule has 1 aromatic rings. The largest absolute Gasteiger partial charge is 0.373 e. The van der Waals surface area contributed by atoms with Crippen LogP contribution in [0.4, 0.5) is 5.82 Å². The van der Waals surface area contributed by atoms with E-state index in [0.29, 0.717) is 11.4 Å². The fraction of sp³-hybridized carbons (Fsp3) is 0.364. The van der Waals surface area contributed by atoms with Crippen LogP contribution in [-0.2, 0) is 4.79 Å². The molecule has 1 rings (SSSR count). The van der Waals surface area contributed by atoms with Gasteiger partial charge in [0.1, 0.15) is 5.82 Å². The van der Waals surface area contributed by atoms with Crippen molar-refractivity contribution in [3.05, 3.63) is 23.9 Å². The first-order valence-electron chi connectivity index (χ1n) is 5.26. The normalized spacial score (nSPS) is 11.6. The molecular formula is C11H16N4O2. The third-order valence-electron chi connectivity index (χ3n) is 2.17. The number of primary amides is 1. The Balaban J connectivity index is 2.60. The topological polar surface area (TPSA) is 97.1 Å². The highest BCUT2D eigenvalue weighted by Gasteiger charge is 2.11. The van der Waals surface area contributed by atoms with Gasteiger partial charge in [0.25, 0.3) is 5.91 Å². The van der Waals surface area contributed by atoms with E-state index in [0.717, 1.165) is 0 Å². The Morgan fingerprint density at radius 3 is 2.65 bits per heavy atom. The SMILES string of the molecule is CNc1ccc(C(=O)NC(C)CC(N)=O)cn1. The van der Waals surface area contributed by atoms with E-state index in [4.69, 9.17) is 5.73 Å². The van der Waals surface area contributed by atoms with E-state index >= 15 is 0 Å². The van der Waals surface area contributed by atoms with Crippen molar-refractivity contribution in [1.29, 1.82) is 0 Å². The third-order valence-corrected chi connectivity index (χ3v) is 2.17. The number of aromatic nitrogens is 1. The Kier molecular flexibility index (Phi) is 4.45. The van der Waals surface area contributed by atoms with Crippen LogP contribution in [0, 0.1) is 0 Å².